The molecule has 0 radical (unpaired) electrons. The summed E-state index contributed by atoms with van der Waals surface area (Å²) in [7, 11) is 1.71. The van der Waals surface area contributed by atoms with E-state index in [4.69, 9.17) is 9.47 Å². The van der Waals surface area contributed by atoms with Gasteiger partial charge in [-0.2, -0.15) is 0 Å². The summed E-state index contributed by atoms with van der Waals surface area (Å²) in [5.41, 5.74) is 1.16. The van der Waals surface area contributed by atoms with Gasteiger partial charge in [0.1, 0.15) is 0 Å². The van der Waals surface area contributed by atoms with Gasteiger partial charge in [0.2, 0.25) is 0 Å². The van der Waals surface area contributed by atoms with Crippen LogP contribution in [0.1, 0.15) is 0 Å². The fraction of sp³-hybridized carbons (Fsp3) is 0.583. The van der Waals surface area contributed by atoms with Crippen molar-refractivity contribution >= 4 is 17.4 Å². The van der Waals surface area contributed by atoms with Crippen LogP contribution >= 0.6 is 11.8 Å². The Bertz CT molecular complexity index is 343. The van der Waals surface area contributed by atoms with Gasteiger partial charge in [-0.3, -0.25) is 0 Å². The molecule has 0 aliphatic carbocycles. The Morgan fingerprint density at radius 1 is 1.59 bits per heavy atom. The van der Waals surface area contributed by atoms with Gasteiger partial charge >= 0.3 is 0 Å². The molecule has 17 heavy (non-hydrogen) atoms. The number of aromatic nitrogens is 1. The van der Waals surface area contributed by atoms with Crippen LogP contribution in [-0.4, -0.2) is 50.8 Å². The third-order valence-electron chi connectivity index (χ3n) is 2.79. The fourth-order valence-corrected chi connectivity index (χ4v) is 2.28. The summed E-state index contributed by atoms with van der Waals surface area (Å²) in [6.07, 6.45) is 4.13. The predicted molar refractivity (Wildman–Crippen MR) is 69.8 cm³/mol. The number of ether oxygens (including phenoxy) is 2. The molecule has 2 rings (SSSR count). The van der Waals surface area contributed by atoms with Crippen molar-refractivity contribution in [3.63, 3.8) is 0 Å². The molecule has 1 saturated heterocycles. The van der Waals surface area contributed by atoms with Crippen LogP contribution in [0.5, 0.6) is 0 Å². The zero-order valence-corrected chi connectivity index (χ0v) is 11.1. The second kappa shape index (κ2) is 6.23. The molecule has 94 valence electrons. The van der Waals surface area contributed by atoms with Crippen molar-refractivity contribution in [2.75, 3.05) is 44.6 Å². The first-order valence-corrected chi connectivity index (χ1v) is 6.91. The van der Waals surface area contributed by atoms with E-state index in [0.29, 0.717) is 6.61 Å². The number of methoxy groups -OCH3 is 1. The molecule has 0 bridgehead atoms. The lowest BCUT2D eigenvalue weighted by Crippen LogP contribution is -2.44. The smallest absolute Gasteiger partial charge is 0.0983 e. The van der Waals surface area contributed by atoms with E-state index in [-0.39, 0.29) is 6.10 Å². The molecular weight excluding hydrogens is 236 g/mol. The zero-order chi connectivity index (χ0) is 12.1. The van der Waals surface area contributed by atoms with Crippen molar-refractivity contribution in [3.8, 4) is 0 Å². The minimum atomic E-state index is 0.161. The van der Waals surface area contributed by atoms with Crippen molar-refractivity contribution in [3.05, 3.63) is 18.3 Å². The molecular formula is C12H18N2O2S. The molecule has 1 aromatic heterocycles. The molecule has 1 fully saturated rings. The molecule has 1 aliphatic rings. The predicted octanol–water partition coefficient (Wildman–Crippen LogP) is 1.66. The van der Waals surface area contributed by atoms with Crippen molar-refractivity contribution in [2.45, 2.75) is 11.1 Å². The van der Waals surface area contributed by atoms with E-state index >= 15 is 0 Å². The highest BCUT2D eigenvalue weighted by Crippen LogP contribution is 2.19. The summed E-state index contributed by atoms with van der Waals surface area (Å²) < 4.78 is 10.8. The number of thioether (sulfide) groups is 1. The molecule has 1 atom stereocenters. The summed E-state index contributed by atoms with van der Waals surface area (Å²) in [5, 5.41) is 1.05. The number of anilines is 1. The number of nitrogens with zero attached hydrogens (tertiary/aromatic N) is 2. The first kappa shape index (κ1) is 12.7. The molecule has 4 nitrogen and oxygen atoms in total. The molecule has 0 N–H and O–H groups in total. The van der Waals surface area contributed by atoms with Crippen molar-refractivity contribution in [2.24, 2.45) is 0 Å². The maximum atomic E-state index is 5.62. The number of morpholine rings is 1. The Morgan fingerprint density at radius 3 is 3.12 bits per heavy atom. The van der Waals surface area contributed by atoms with E-state index in [9.17, 15) is 0 Å². The van der Waals surface area contributed by atoms with Gasteiger partial charge in [-0.25, -0.2) is 4.98 Å². The third-order valence-corrected chi connectivity index (χ3v) is 3.45. The number of rotatable bonds is 4. The van der Waals surface area contributed by atoms with Crippen LogP contribution in [0.2, 0.25) is 0 Å². The highest BCUT2D eigenvalue weighted by Gasteiger charge is 2.20. The van der Waals surface area contributed by atoms with Crippen LogP contribution in [0.25, 0.3) is 0 Å². The third kappa shape index (κ3) is 3.34. The number of pyridine rings is 1. The minimum Gasteiger partial charge on any atom is -0.382 e. The molecule has 1 aromatic rings. The first-order chi connectivity index (χ1) is 8.33. The van der Waals surface area contributed by atoms with Gasteiger partial charge in [-0.05, 0) is 18.4 Å². The highest BCUT2D eigenvalue weighted by molar-refractivity contribution is 7.98. The average Bonchev–Trinajstić information content (AvgIpc) is 2.40. The quantitative estimate of drug-likeness (QED) is 0.763. The molecule has 5 heteroatoms. The number of hydrogen-bond donors (Lipinski definition) is 0. The minimum absolute atomic E-state index is 0.161. The largest absolute Gasteiger partial charge is 0.382 e. The van der Waals surface area contributed by atoms with Gasteiger partial charge in [-0.1, -0.05) is 0 Å². The van der Waals surface area contributed by atoms with Gasteiger partial charge in [0.25, 0.3) is 0 Å². The molecule has 0 amide bonds. The zero-order valence-electron chi connectivity index (χ0n) is 10.3. The van der Waals surface area contributed by atoms with Crippen LogP contribution in [0.3, 0.4) is 0 Å². The van der Waals surface area contributed by atoms with E-state index < -0.39 is 0 Å². The molecule has 0 saturated carbocycles. The normalized spacial score (nSPS) is 20.6. The van der Waals surface area contributed by atoms with Crippen LogP contribution < -0.4 is 4.90 Å². The van der Waals surface area contributed by atoms with Crippen LogP contribution in [0.15, 0.2) is 23.4 Å². The lowest BCUT2D eigenvalue weighted by molar-refractivity contribution is -0.0100. The van der Waals surface area contributed by atoms with Gasteiger partial charge in [-0.15, -0.1) is 11.8 Å². The van der Waals surface area contributed by atoms with Gasteiger partial charge in [0.15, 0.2) is 0 Å². The Morgan fingerprint density at radius 2 is 2.47 bits per heavy atom. The maximum absolute atomic E-state index is 5.62. The Balaban J connectivity index is 2.00. The second-order valence-electron chi connectivity index (χ2n) is 3.95. The summed E-state index contributed by atoms with van der Waals surface area (Å²) in [6.45, 7) is 3.18. The SMILES string of the molecule is COCC1CN(c2ccc(SC)nc2)CCO1. The summed E-state index contributed by atoms with van der Waals surface area (Å²) in [6, 6.07) is 4.18. The van der Waals surface area contributed by atoms with Crippen molar-refractivity contribution < 1.29 is 9.47 Å². The Labute approximate surface area is 106 Å². The van der Waals surface area contributed by atoms with Gasteiger partial charge < -0.3 is 14.4 Å². The molecule has 1 unspecified atom stereocenters. The van der Waals surface area contributed by atoms with Crippen LogP contribution in [0.4, 0.5) is 5.69 Å². The molecule has 1 aliphatic heterocycles. The Kier molecular flexibility index (Phi) is 4.65. The van der Waals surface area contributed by atoms with E-state index in [2.05, 4.69) is 22.0 Å². The molecule has 0 spiro atoms. The second-order valence-corrected chi connectivity index (χ2v) is 4.78. The topological polar surface area (TPSA) is 34.6 Å². The average molecular weight is 254 g/mol. The lowest BCUT2D eigenvalue weighted by Gasteiger charge is -2.34. The fourth-order valence-electron chi connectivity index (χ4n) is 1.92. The summed E-state index contributed by atoms with van der Waals surface area (Å²) in [5.74, 6) is 0. The van der Waals surface area contributed by atoms with Gasteiger partial charge in [0, 0.05) is 20.2 Å². The van der Waals surface area contributed by atoms with Crippen molar-refractivity contribution in [1.29, 1.82) is 0 Å². The molecule has 2 heterocycles. The highest BCUT2D eigenvalue weighted by atomic mass is 32.2. The maximum Gasteiger partial charge on any atom is 0.0983 e. The summed E-state index contributed by atoms with van der Waals surface area (Å²) in [4.78, 5) is 6.69. The van der Waals surface area contributed by atoms with E-state index in [1.54, 1.807) is 18.9 Å². The Hall–Kier alpha value is -0.780. The van der Waals surface area contributed by atoms with E-state index in [1.807, 2.05) is 12.5 Å². The van der Waals surface area contributed by atoms with Crippen LogP contribution in [-0.2, 0) is 9.47 Å². The lowest BCUT2D eigenvalue weighted by atomic mass is 10.2. The van der Waals surface area contributed by atoms with Gasteiger partial charge in [0.05, 0.1) is 36.2 Å². The first-order valence-electron chi connectivity index (χ1n) is 5.69. The standard InChI is InChI=1S/C12H18N2O2S/c1-15-9-11-8-14(5-6-16-11)10-3-4-12(17-2)13-7-10/h3-4,7,11H,5-6,8-9H2,1-2H3. The van der Waals surface area contributed by atoms with Crippen LogP contribution in [0, 0.1) is 0 Å². The van der Waals surface area contributed by atoms with Crippen molar-refractivity contribution in [1.82, 2.24) is 4.98 Å². The monoisotopic (exact) mass is 254 g/mol. The number of hydrogen-bond acceptors (Lipinski definition) is 5. The van der Waals surface area contributed by atoms with E-state index in [1.165, 1.54) is 0 Å². The summed E-state index contributed by atoms with van der Waals surface area (Å²) >= 11 is 1.66. The van der Waals surface area contributed by atoms with E-state index in [0.717, 1.165) is 30.4 Å². The molecule has 0 aromatic carbocycles.